The monoisotopic (exact) mass is 388 g/mol. The standard InChI is InChI=1S/C17H32N4O6/c1-18-4-2-5-20(13-16(24)25)10-11-21(14-17(26)27)7-3-6-19(9-8-18)12-15(22)23/h2-14H2,1H3,(H,22,23)(H,24,25)(H,26,27). The molecule has 3 N–H and O–H groups in total. The Morgan fingerprint density at radius 3 is 1.30 bits per heavy atom. The summed E-state index contributed by atoms with van der Waals surface area (Å²) in [6, 6.07) is 0. The van der Waals surface area contributed by atoms with Gasteiger partial charge in [0.05, 0.1) is 19.6 Å². The number of rotatable bonds is 6. The summed E-state index contributed by atoms with van der Waals surface area (Å²) in [5, 5.41) is 27.3. The highest BCUT2D eigenvalue weighted by atomic mass is 16.4. The molecule has 1 aliphatic heterocycles. The predicted molar refractivity (Wildman–Crippen MR) is 99.0 cm³/mol. The van der Waals surface area contributed by atoms with Crippen molar-refractivity contribution in [3.8, 4) is 0 Å². The molecule has 10 nitrogen and oxygen atoms in total. The first-order valence-electron chi connectivity index (χ1n) is 9.27. The number of aliphatic carboxylic acids is 3. The fraction of sp³-hybridized carbons (Fsp3) is 0.824. The van der Waals surface area contributed by atoms with Gasteiger partial charge in [-0.2, -0.15) is 0 Å². The lowest BCUT2D eigenvalue weighted by atomic mass is 10.3. The van der Waals surface area contributed by atoms with E-state index in [0.29, 0.717) is 45.7 Å². The van der Waals surface area contributed by atoms with Crippen LogP contribution in [0.5, 0.6) is 0 Å². The van der Waals surface area contributed by atoms with E-state index in [1.807, 2.05) is 16.8 Å². The molecule has 0 radical (unpaired) electrons. The van der Waals surface area contributed by atoms with E-state index >= 15 is 0 Å². The second kappa shape index (κ2) is 12.6. The second-order valence-corrected chi connectivity index (χ2v) is 7.02. The Morgan fingerprint density at radius 2 is 0.926 bits per heavy atom. The highest BCUT2D eigenvalue weighted by Gasteiger charge is 2.17. The maximum Gasteiger partial charge on any atom is 0.317 e. The van der Waals surface area contributed by atoms with Crippen molar-refractivity contribution in [2.75, 3.05) is 79.0 Å². The third kappa shape index (κ3) is 11.5. The van der Waals surface area contributed by atoms with Crippen LogP contribution in [0.2, 0.25) is 0 Å². The van der Waals surface area contributed by atoms with E-state index in [0.717, 1.165) is 19.5 Å². The maximum atomic E-state index is 11.1. The molecular weight excluding hydrogens is 356 g/mol. The van der Waals surface area contributed by atoms with E-state index in [1.54, 1.807) is 4.90 Å². The lowest BCUT2D eigenvalue weighted by molar-refractivity contribution is -0.140. The number of nitrogens with zero attached hydrogens (tertiary/aromatic N) is 4. The van der Waals surface area contributed by atoms with Crippen molar-refractivity contribution in [3.05, 3.63) is 0 Å². The highest BCUT2D eigenvalue weighted by Crippen LogP contribution is 2.02. The first kappa shape index (κ1) is 23.3. The van der Waals surface area contributed by atoms with Crippen LogP contribution in [0, 0.1) is 0 Å². The fourth-order valence-electron chi connectivity index (χ4n) is 3.17. The zero-order valence-corrected chi connectivity index (χ0v) is 16.0. The Balaban J connectivity index is 2.74. The average molecular weight is 388 g/mol. The Hall–Kier alpha value is -1.75. The van der Waals surface area contributed by atoms with Crippen LogP contribution in [0.15, 0.2) is 0 Å². The average Bonchev–Trinajstić information content (AvgIpc) is 2.54. The number of hydrogen-bond acceptors (Lipinski definition) is 7. The number of carbonyl (C=O) groups is 3. The van der Waals surface area contributed by atoms with Crippen molar-refractivity contribution in [3.63, 3.8) is 0 Å². The van der Waals surface area contributed by atoms with Crippen LogP contribution < -0.4 is 0 Å². The van der Waals surface area contributed by atoms with Crippen LogP contribution in [0.4, 0.5) is 0 Å². The third-order valence-corrected chi connectivity index (χ3v) is 4.57. The van der Waals surface area contributed by atoms with Gasteiger partial charge in [-0.15, -0.1) is 0 Å². The van der Waals surface area contributed by atoms with Crippen LogP contribution in [0.25, 0.3) is 0 Å². The van der Waals surface area contributed by atoms with Crippen molar-refractivity contribution in [1.82, 2.24) is 19.6 Å². The zero-order chi connectivity index (χ0) is 20.2. The van der Waals surface area contributed by atoms with E-state index in [1.165, 1.54) is 0 Å². The first-order chi connectivity index (χ1) is 12.8. The number of likely N-dealkylation sites (N-methyl/N-ethyl adjacent to an activating group) is 1. The molecule has 1 saturated heterocycles. The molecule has 156 valence electrons. The molecule has 0 bridgehead atoms. The second-order valence-electron chi connectivity index (χ2n) is 7.02. The van der Waals surface area contributed by atoms with Gasteiger partial charge in [-0.3, -0.25) is 29.1 Å². The van der Waals surface area contributed by atoms with Gasteiger partial charge < -0.3 is 20.2 Å². The Morgan fingerprint density at radius 1 is 0.593 bits per heavy atom. The number of hydrogen-bond donors (Lipinski definition) is 3. The summed E-state index contributed by atoms with van der Waals surface area (Å²) in [6.07, 6.45) is 1.45. The molecule has 0 aliphatic carbocycles. The molecule has 1 fully saturated rings. The van der Waals surface area contributed by atoms with Crippen LogP contribution in [0.1, 0.15) is 12.8 Å². The van der Waals surface area contributed by atoms with Crippen molar-refractivity contribution in [1.29, 1.82) is 0 Å². The quantitative estimate of drug-likeness (QED) is 0.515. The van der Waals surface area contributed by atoms with Gasteiger partial charge in [-0.25, -0.2) is 0 Å². The molecule has 0 amide bonds. The molecule has 10 heteroatoms. The summed E-state index contributed by atoms with van der Waals surface area (Å²) in [4.78, 5) is 40.9. The normalized spacial score (nSPS) is 20.8. The summed E-state index contributed by atoms with van der Waals surface area (Å²) in [7, 11) is 1.97. The molecule has 0 atom stereocenters. The molecule has 0 saturated carbocycles. The Bertz CT molecular complexity index is 490. The fourth-order valence-corrected chi connectivity index (χ4v) is 3.17. The SMILES string of the molecule is CN1CCCN(CC(=O)O)CCN(CC(=O)O)CCCN(CC(=O)O)CC1. The molecule has 1 rings (SSSR count). The molecule has 1 aliphatic rings. The number of carboxylic acids is 3. The predicted octanol–water partition coefficient (Wildman–Crippen LogP) is -1.13. The molecule has 0 aromatic carbocycles. The zero-order valence-electron chi connectivity index (χ0n) is 16.0. The largest absolute Gasteiger partial charge is 0.480 e. The van der Waals surface area contributed by atoms with E-state index in [2.05, 4.69) is 4.90 Å². The van der Waals surface area contributed by atoms with E-state index in [9.17, 15) is 14.4 Å². The van der Waals surface area contributed by atoms with Crippen LogP contribution in [-0.4, -0.2) is 132 Å². The van der Waals surface area contributed by atoms with E-state index in [-0.39, 0.29) is 19.6 Å². The summed E-state index contributed by atoms with van der Waals surface area (Å²) in [5.74, 6) is -2.69. The lowest BCUT2D eigenvalue weighted by Gasteiger charge is -2.29. The van der Waals surface area contributed by atoms with Gasteiger partial charge >= 0.3 is 17.9 Å². The van der Waals surface area contributed by atoms with Crippen LogP contribution in [-0.2, 0) is 14.4 Å². The summed E-state index contributed by atoms with van der Waals surface area (Å²) < 4.78 is 0. The molecule has 0 aromatic heterocycles. The van der Waals surface area contributed by atoms with Crippen LogP contribution in [0.3, 0.4) is 0 Å². The summed E-state index contributed by atoms with van der Waals surface area (Å²) >= 11 is 0. The van der Waals surface area contributed by atoms with E-state index in [4.69, 9.17) is 15.3 Å². The van der Waals surface area contributed by atoms with E-state index < -0.39 is 17.9 Å². The number of carboxylic acid groups (broad SMARTS) is 3. The lowest BCUT2D eigenvalue weighted by Crippen LogP contribution is -2.43. The van der Waals surface area contributed by atoms with Gasteiger partial charge in [0.2, 0.25) is 0 Å². The first-order valence-corrected chi connectivity index (χ1v) is 9.27. The molecule has 27 heavy (non-hydrogen) atoms. The summed E-state index contributed by atoms with van der Waals surface area (Å²) in [5.41, 5.74) is 0. The minimum absolute atomic E-state index is 0.0286. The Kier molecular flexibility index (Phi) is 10.9. The summed E-state index contributed by atoms with van der Waals surface area (Å²) in [6.45, 7) is 4.63. The van der Waals surface area contributed by atoms with Gasteiger partial charge in [0.15, 0.2) is 0 Å². The maximum absolute atomic E-state index is 11.1. The minimum Gasteiger partial charge on any atom is -0.480 e. The molecular formula is C17H32N4O6. The van der Waals surface area contributed by atoms with Crippen molar-refractivity contribution in [2.45, 2.75) is 12.8 Å². The van der Waals surface area contributed by atoms with Crippen molar-refractivity contribution >= 4 is 17.9 Å². The van der Waals surface area contributed by atoms with Crippen LogP contribution >= 0.6 is 0 Å². The molecule has 0 unspecified atom stereocenters. The molecule has 1 heterocycles. The van der Waals surface area contributed by atoms with Gasteiger partial charge in [0, 0.05) is 45.8 Å². The topological polar surface area (TPSA) is 125 Å². The molecule has 0 spiro atoms. The molecule has 0 aromatic rings. The van der Waals surface area contributed by atoms with Gasteiger partial charge in [0.1, 0.15) is 0 Å². The Labute approximate surface area is 159 Å². The van der Waals surface area contributed by atoms with Crippen molar-refractivity contribution in [2.24, 2.45) is 0 Å². The van der Waals surface area contributed by atoms with Gasteiger partial charge in [-0.1, -0.05) is 0 Å². The van der Waals surface area contributed by atoms with Crippen molar-refractivity contribution < 1.29 is 29.7 Å². The van der Waals surface area contributed by atoms with Gasteiger partial charge in [-0.05, 0) is 26.4 Å². The smallest absolute Gasteiger partial charge is 0.317 e. The minimum atomic E-state index is -0.926. The van der Waals surface area contributed by atoms with Gasteiger partial charge in [0.25, 0.3) is 0 Å². The highest BCUT2D eigenvalue weighted by molar-refractivity contribution is 5.69. The third-order valence-electron chi connectivity index (χ3n) is 4.57.